The van der Waals surface area contributed by atoms with E-state index in [1.165, 1.54) is 7.05 Å². The number of phosphoric ester groups is 1. The molecule has 0 bridgehead atoms. The van der Waals surface area contributed by atoms with Crippen molar-refractivity contribution in [3.05, 3.63) is 32.6 Å². The van der Waals surface area contributed by atoms with Gasteiger partial charge in [0.2, 0.25) is 0 Å². The van der Waals surface area contributed by atoms with Crippen LogP contribution < -0.4 is 17.0 Å². The molecule has 2 rings (SSSR count). The summed E-state index contributed by atoms with van der Waals surface area (Å²) in [5.74, 6) is -1.31. The lowest BCUT2D eigenvalue weighted by Crippen LogP contribution is -2.44. The van der Waals surface area contributed by atoms with Crippen molar-refractivity contribution in [3.63, 3.8) is 0 Å². The largest absolute Gasteiger partial charge is 0.480 e. The van der Waals surface area contributed by atoms with E-state index in [0.29, 0.717) is 0 Å². The van der Waals surface area contributed by atoms with Crippen LogP contribution in [0.4, 0.5) is 0 Å². The van der Waals surface area contributed by atoms with Gasteiger partial charge in [0.1, 0.15) is 30.5 Å². The predicted molar refractivity (Wildman–Crippen MR) is 93.8 cm³/mol. The topological polar surface area (TPSA) is 224 Å². The summed E-state index contributed by atoms with van der Waals surface area (Å²) in [4.78, 5) is 53.3. The van der Waals surface area contributed by atoms with Gasteiger partial charge in [-0.3, -0.25) is 18.7 Å². The lowest BCUT2D eigenvalue weighted by molar-refractivity contribution is -0.138. The summed E-state index contributed by atoms with van der Waals surface area (Å²) < 4.78 is 22.1. The van der Waals surface area contributed by atoms with Gasteiger partial charge in [-0.1, -0.05) is 0 Å². The zero-order valence-corrected chi connectivity index (χ0v) is 16.1. The van der Waals surface area contributed by atoms with E-state index in [0.717, 1.165) is 15.3 Å². The number of aromatic nitrogens is 2. The molecule has 7 N–H and O–H groups in total. The Balaban J connectivity index is 2.32. The third-order valence-electron chi connectivity index (χ3n) is 4.41. The fourth-order valence-corrected chi connectivity index (χ4v) is 3.19. The van der Waals surface area contributed by atoms with Crippen LogP contribution in [0.5, 0.6) is 0 Å². The zero-order chi connectivity index (χ0) is 22.1. The monoisotopic (exact) mass is 439 g/mol. The molecule has 1 aliphatic rings. The Morgan fingerprint density at radius 3 is 2.52 bits per heavy atom. The summed E-state index contributed by atoms with van der Waals surface area (Å²) in [6.45, 7) is -1.07. The number of aryl methyl sites for hydroxylation is 1. The van der Waals surface area contributed by atoms with Gasteiger partial charge in [0.25, 0.3) is 5.56 Å². The van der Waals surface area contributed by atoms with Crippen LogP contribution in [0, 0.1) is 0 Å². The van der Waals surface area contributed by atoms with Gasteiger partial charge in [0, 0.05) is 19.8 Å². The predicted octanol–water partition coefficient (Wildman–Crippen LogP) is -3.38. The number of carboxylic acids is 1. The Kier molecular flexibility index (Phi) is 7.14. The van der Waals surface area contributed by atoms with Gasteiger partial charge in [0.15, 0.2) is 0 Å². The third-order valence-corrected chi connectivity index (χ3v) is 4.90. The molecule has 1 saturated heterocycles. The molecule has 0 aromatic carbocycles. The number of ether oxygens (including phenoxy) is 1. The van der Waals surface area contributed by atoms with Crippen molar-refractivity contribution in [2.75, 3.05) is 6.61 Å². The van der Waals surface area contributed by atoms with Gasteiger partial charge in [-0.15, -0.1) is 0 Å². The molecule has 2 heterocycles. The number of nitrogens with zero attached hydrogens (tertiary/aromatic N) is 2. The molecule has 15 heteroatoms. The van der Waals surface area contributed by atoms with E-state index in [-0.39, 0.29) is 18.5 Å². The van der Waals surface area contributed by atoms with E-state index in [9.17, 15) is 29.2 Å². The smallest absolute Gasteiger partial charge is 0.469 e. The number of carbonyl (C=O) groups is 1. The maximum absolute atomic E-state index is 12.7. The minimum Gasteiger partial charge on any atom is -0.480 e. The molecule has 0 aliphatic carbocycles. The van der Waals surface area contributed by atoms with E-state index in [4.69, 9.17) is 25.4 Å². The van der Waals surface area contributed by atoms with Crippen molar-refractivity contribution < 1.29 is 43.7 Å². The maximum Gasteiger partial charge on any atom is 0.469 e. The Morgan fingerprint density at radius 2 is 1.97 bits per heavy atom. The fraction of sp³-hybridized carbons (Fsp3) is 0.643. The van der Waals surface area contributed by atoms with Gasteiger partial charge in [-0.05, 0) is 6.42 Å². The normalized spacial score (nSPS) is 25.9. The summed E-state index contributed by atoms with van der Waals surface area (Å²) in [7, 11) is -3.55. The number of hydrogen-bond acceptors (Lipinski definition) is 9. The molecule has 1 fully saturated rings. The molecule has 0 unspecified atom stereocenters. The Labute approximate surface area is 163 Å². The van der Waals surface area contributed by atoms with Crippen LogP contribution in [-0.2, 0) is 32.2 Å². The summed E-state index contributed by atoms with van der Waals surface area (Å²) >= 11 is 0. The summed E-state index contributed by atoms with van der Waals surface area (Å²) in [6.07, 6.45) is -5.19. The number of carboxylic acid groups (broad SMARTS) is 1. The minimum atomic E-state index is -4.86. The second-order valence-electron chi connectivity index (χ2n) is 6.53. The molecule has 0 spiro atoms. The number of hydrogen-bond donors (Lipinski definition) is 6. The first kappa shape index (κ1) is 23.4. The molecular weight excluding hydrogens is 417 g/mol. The molecule has 5 atom stereocenters. The molecular formula is C14H22N3O11P. The summed E-state index contributed by atoms with van der Waals surface area (Å²) in [6, 6.07) is -1.31. The molecule has 1 aromatic heterocycles. The number of rotatable bonds is 8. The van der Waals surface area contributed by atoms with Gasteiger partial charge >= 0.3 is 19.5 Å². The van der Waals surface area contributed by atoms with E-state index >= 15 is 0 Å². The zero-order valence-electron chi connectivity index (χ0n) is 15.2. The highest BCUT2D eigenvalue weighted by molar-refractivity contribution is 7.46. The Morgan fingerprint density at radius 1 is 1.34 bits per heavy atom. The van der Waals surface area contributed by atoms with Crippen LogP contribution >= 0.6 is 7.82 Å². The first-order valence-electron chi connectivity index (χ1n) is 8.34. The quantitative estimate of drug-likeness (QED) is 0.218. The van der Waals surface area contributed by atoms with Crippen LogP contribution in [0.1, 0.15) is 18.1 Å². The maximum atomic E-state index is 12.7. The molecule has 29 heavy (non-hydrogen) atoms. The van der Waals surface area contributed by atoms with Gasteiger partial charge in [-0.25, -0.2) is 9.36 Å². The molecule has 14 nitrogen and oxygen atoms in total. The highest BCUT2D eigenvalue weighted by atomic mass is 31.2. The van der Waals surface area contributed by atoms with Crippen molar-refractivity contribution >= 4 is 13.8 Å². The van der Waals surface area contributed by atoms with Crippen LogP contribution in [0.15, 0.2) is 15.8 Å². The lowest BCUT2D eigenvalue weighted by atomic mass is 10.0. The second-order valence-corrected chi connectivity index (χ2v) is 7.77. The van der Waals surface area contributed by atoms with E-state index in [1.54, 1.807) is 0 Å². The standard InChI is InChI=1S/C14H22N3O11P/c1-16-4-6(12(20)17(14(16)23)3-2-7(15)13(21)22)11-10(19)9(18)8(28-11)5-27-29(24,25)26/h4,7-11,18-19H,2-3,5,15H2,1H3,(H,21,22)(H2,24,25,26)/t7-,8-,9-,10-,11+/m1/s1. The molecule has 164 valence electrons. The van der Waals surface area contributed by atoms with Crippen molar-refractivity contribution in [2.24, 2.45) is 12.8 Å². The molecule has 1 aliphatic heterocycles. The third kappa shape index (κ3) is 5.38. The Bertz CT molecular complexity index is 922. The van der Waals surface area contributed by atoms with Crippen molar-refractivity contribution in [3.8, 4) is 0 Å². The van der Waals surface area contributed by atoms with Crippen LogP contribution in [0.25, 0.3) is 0 Å². The summed E-state index contributed by atoms with van der Waals surface area (Å²) in [5, 5.41) is 29.1. The lowest BCUT2D eigenvalue weighted by Gasteiger charge is -2.17. The van der Waals surface area contributed by atoms with Crippen LogP contribution in [-0.4, -0.2) is 71.2 Å². The van der Waals surface area contributed by atoms with Gasteiger partial charge in [-0.2, -0.15) is 0 Å². The average Bonchev–Trinajstić information content (AvgIpc) is 2.90. The highest BCUT2D eigenvalue weighted by Gasteiger charge is 2.45. The summed E-state index contributed by atoms with van der Waals surface area (Å²) in [5.41, 5.74) is 3.52. The second kappa shape index (κ2) is 8.85. The van der Waals surface area contributed by atoms with Crippen molar-refractivity contribution in [2.45, 2.75) is 43.4 Å². The first-order valence-corrected chi connectivity index (χ1v) is 9.87. The van der Waals surface area contributed by atoms with Gasteiger partial charge in [0.05, 0.1) is 12.2 Å². The van der Waals surface area contributed by atoms with E-state index in [2.05, 4.69) is 4.52 Å². The van der Waals surface area contributed by atoms with Crippen LogP contribution in [0.2, 0.25) is 0 Å². The van der Waals surface area contributed by atoms with Crippen molar-refractivity contribution in [1.82, 2.24) is 9.13 Å². The number of aliphatic hydroxyl groups is 2. The number of nitrogens with two attached hydrogens (primary N) is 1. The average molecular weight is 439 g/mol. The molecule has 0 radical (unpaired) electrons. The van der Waals surface area contributed by atoms with Crippen molar-refractivity contribution in [1.29, 1.82) is 0 Å². The number of phosphoric acid groups is 1. The highest BCUT2D eigenvalue weighted by Crippen LogP contribution is 2.39. The number of aliphatic carboxylic acids is 1. The number of aliphatic hydroxyl groups excluding tert-OH is 2. The van der Waals surface area contributed by atoms with Crippen LogP contribution in [0.3, 0.4) is 0 Å². The fourth-order valence-electron chi connectivity index (χ4n) is 2.85. The van der Waals surface area contributed by atoms with E-state index < -0.39 is 62.1 Å². The minimum absolute atomic E-state index is 0.219. The first-order chi connectivity index (χ1) is 13.3. The molecule has 1 aromatic rings. The van der Waals surface area contributed by atoms with Gasteiger partial charge < -0.3 is 40.1 Å². The Hall–Kier alpha value is -1.90. The molecule has 0 amide bonds. The molecule has 0 saturated carbocycles. The SMILES string of the molecule is Cn1cc([C@@H]2O[C@H](COP(=O)(O)O)[C@@H](O)[C@H]2O)c(=O)n(CC[C@@H](N)C(=O)O)c1=O. The van der Waals surface area contributed by atoms with E-state index in [1.807, 2.05) is 0 Å².